The van der Waals surface area contributed by atoms with Gasteiger partial charge in [-0.15, -0.1) is 0 Å². The minimum atomic E-state index is -0.413. The van der Waals surface area contributed by atoms with Crippen LogP contribution in [0.5, 0.6) is 11.5 Å². The Bertz CT molecular complexity index is 515. The number of carbonyl (C=O) groups excluding carboxylic acids is 1. The Hall–Kier alpha value is -1.79. The van der Waals surface area contributed by atoms with E-state index >= 15 is 0 Å². The fraction of sp³-hybridized carbons (Fsp3) is 0.533. The van der Waals surface area contributed by atoms with Crippen molar-refractivity contribution in [2.45, 2.75) is 12.5 Å². The van der Waals surface area contributed by atoms with Gasteiger partial charge in [-0.3, -0.25) is 9.69 Å². The van der Waals surface area contributed by atoms with Gasteiger partial charge in [0.15, 0.2) is 11.5 Å². The van der Waals surface area contributed by atoms with Crippen molar-refractivity contribution in [2.24, 2.45) is 5.73 Å². The molecule has 2 heterocycles. The van der Waals surface area contributed by atoms with Crippen molar-refractivity contribution >= 4 is 5.91 Å². The van der Waals surface area contributed by atoms with E-state index in [1.165, 1.54) is 0 Å². The van der Waals surface area contributed by atoms with E-state index in [-0.39, 0.29) is 5.91 Å². The van der Waals surface area contributed by atoms with Crippen LogP contribution in [0.1, 0.15) is 18.0 Å². The average molecular weight is 291 g/mol. The summed E-state index contributed by atoms with van der Waals surface area (Å²) >= 11 is 0. The van der Waals surface area contributed by atoms with Gasteiger partial charge in [-0.25, -0.2) is 0 Å². The quantitative estimate of drug-likeness (QED) is 0.836. The van der Waals surface area contributed by atoms with Crippen LogP contribution >= 0.6 is 0 Å². The normalized spacial score (nSPS) is 20.6. The predicted molar refractivity (Wildman–Crippen MR) is 78.4 cm³/mol. The Morgan fingerprint density at radius 3 is 2.62 bits per heavy atom. The number of carbonyl (C=O) groups is 1. The fourth-order valence-corrected chi connectivity index (χ4v) is 2.85. The molecule has 0 radical (unpaired) electrons. The molecule has 1 fully saturated rings. The lowest BCUT2D eigenvalue weighted by Gasteiger charge is -2.33. The molecule has 1 aromatic rings. The highest BCUT2D eigenvalue weighted by Gasteiger charge is 2.28. The molecule has 1 aromatic carbocycles. The van der Waals surface area contributed by atoms with Gasteiger partial charge in [-0.2, -0.15) is 0 Å². The Morgan fingerprint density at radius 2 is 1.90 bits per heavy atom. The molecule has 0 aliphatic carbocycles. The highest BCUT2D eigenvalue weighted by atomic mass is 16.5. The number of rotatable bonds is 3. The monoisotopic (exact) mass is 291 g/mol. The lowest BCUT2D eigenvalue weighted by Crippen LogP contribution is -2.48. The Morgan fingerprint density at radius 1 is 1.19 bits per heavy atom. The minimum Gasteiger partial charge on any atom is -0.490 e. The molecule has 114 valence electrons. The van der Waals surface area contributed by atoms with Crippen LogP contribution in [0.4, 0.5) is 0 Å². The topological polar surface area (TPSA) is 76.8 Å². The van der Waals surface area contributed by atoms with Crippen molar-refractivity contribution in [2.75, 3.05) is 39.4 Å². The SMILES string of the molecule is NC(=O)C(c1ccc2c(c1)OCCCO2)N1CCNCC1. The van der Waals surface area contributed by atoms with E-state index in [1.54, 1.807) is 0 Å². The van der Waals surface area contributed by atoms with Gasteiger partial charge in [-0.05, 0) is 17.7 Å². The van der Waals surface area contributed by atoms with Gasteiger partial charge in [0.1, 0.15) is 6.04 Å². The molecule has 1 saturated heterocycles. The first kappa shape index (κ1) is 14.2. The van der Waals surface area contributed by atoms with Crippen LogP contribution in [0, 0.1) is 0 Å². The Labute approximate surface area is 124 Å². The van der Waals surface area contributed by atoms with E-state index in [4.69, 9.17) is 15.2 Å². The smallest absolute Gasteiger partial charge is 0.239 e. The van der Waals surface area contributed by atoms with E-state index in [0.29, 0.717) is 19.0 Å². The zero-order valence-electron chi connectivity index (χ0n) is 12.0. The second kappa shape index (κ2) is 6.32. The molecule has 1 unspecified atom stereocenters. The summed E-state index contributed by atoms with van der Waals surface area (Å²) in [5.74, 6) is 1.11. The first-order valence-electron chi connectivity index (χ1n) is 7.39. The third kappa shape index (κ3) is 3.11. The second-order valence-electron chi connectivity index (χ2n) is 5.35. The number of nitrogens with one attached hydrogen (secondary N) is 1. The summed E-state index contributed by atoms with van der Waals surface area (Å²) in [5.41, 5.74) is 6.50. The molecular weight excluding hydrogens is 270 g/mol. The summed E-state index contributed by atoms with van der Waals surface area (Å²) in [5, 5.41) is 3.28. The van der Waals surface area contributed by atoms with Gasteiger partial charge >= 0.3 is 0 Å². The molecule has 0 aromatic heterocycles. The number of hydrogen-bond acceptors (Lipinski definition) is 5. The van der Waals surface area contributed by atoms with Crippen LogP contribution in [0.15, 0.2) is 18.2 Å². The molecule has 3 N–H and O–H groups in total. The van der Waals surface area contributed by atoms with Gasteiger partial charge in [0.05, 0.1) is 13.2 Å². The van der Waals surface area contributed by atoms with Crippen LogP contribution in [0.25, 0.3) is 0 Å². The number of nitrogens with two attached hydrogens (primary N) is 1. The largest absolute Gasteiger partial charge is 0.490 e. The number of piperazine rings is 1. The molecule has 1 amide bonds. The molecule has 2 aliphatic heterocycles. The fourth-order valence-electron chi connectivity index (χ4n) is 2.85. The maximum absolute atomic E-state index is 11.9. The van der Waals surface area contributed by atoms with Crippen molar-refractivity contribution in [1.29, 1.82) is 0 Å². The number of nitrogens with zero attached hydrogens (tertiary/aromatic N) is 1. The lowest BCUT2D eigenvalue weighted by atomic mass is 10.0. The molecule has 1 atom stereocenters. The molecule has 2 aliphatic rings. The van der Waals surface area contributed by atoms with Crippen LogP contribution in [-0.4, -0.2) is 50.2 Å². The number of amides is 1. The summed E-state index contributed by atoms with van der Waals surface area (Å²) in [7, 11) is 0. The summed E-state index contributed by atoms with van der Waals surface area (Å²) in [4.78, 5) is 14.0. The van der Waals surface area contributed by atoms with E-state index in [2.05, 4.69) is 10.2 Å². The van der Waals surface area contributed by atoms with Gasteiger partial charge in [0, 0.05) is 32.6 Å². The zero-order chi connectivity index (χ0) is 14.7. The minimum absolute atomic E-state index is 0.327. The molecule has 6 nitrogen and oxygen atoms in total. The Balaban J connectivity index is 1.88. The first-order chi connectivity index (χ1) is 10.3. The third-order valence-electron chi connectivity index (χ3n) is 3.87. The molecule has 0 spiro atoms. The van der Waals surface area contributed by atoms with Gasteiger partial charge in [0.2, 0.25) is 5.91 Å². The van der Waals surface area contributed by atoms with Crippen LogP contribution < -0.4 is 20.5 Å². The summed E-state index contributed by atoms with van der Waals surface area (Å²) < 4.78 is 11.3. The Kier molecular flexibility index (Phi) is 4.26. The van der Waals surface area contributed by atoms with Gasteiger partial charge in [0.25, 0.3) is 0 Å². The summed E-state index contributed by atoms with van der Waals surface area (Å²) in [6, 6.07) is 5.25. The van der Waals surface area contributed by atoms with Crippen LogP contribution in [0.2, 0.25) is 0 Å². The standard InChI is InChI=1S/C15H21N3O3/c16-15(19)14(18-6-4-17-5-7-18)11-2-3-12-13(10-11)21-9-1-8-20-12/h2-3,10,14,17H,1,4-9H2,(H2,16,19). The number of benzene rings is 1. The van der Waals surface area contributed by atoms with E-state index in [0.717, 1.165) is 43.9 Å². The van der Waals surface area contributed by atoms with Gasteiger partial charge < -0.3 is 20.5 Å². The van der Waals surface area contributed by atoms with Crippen molar-refractivity contribution < 1.29 is 14.3 Å². The highest BCUT2D eigenvalue weighted by molar-refractivity contribution is 5.81. The molecule has 3 rings (SSSR count). The molecule has 0 saturated carbocycles. The third-order valence-corrected chi connectivity index (χ3v) is 3.87. The van der Waals surface area contributed by atoms with Crippen molar-refractivity contribution in [3.63, 3.8) is 0 Å². The maximum atomic E-state index is 11.9. The zero-order valence-corrected chi connectivity index (χ0v) is 12.0. The van der Waals surface area contributed by atoms with Gasteiger partial charge in [-0.1, -0.05) is 6.07 Å². The second-order valence-corrected chi connectivity index (χ2v) is 5.35. The van der Waals surface area contributed by atoms with Crippen LogP contribution in [-0.2, 0) is 4.79 Å². The molecule has 0 bridgehead atoms. The highest BCUT2D eigenvalue weighted by Crippen LogP contribution is 2.33. The maximum Gasteiger partial charge on any atom is 0.239 e. The van der Waals surface area contributed by atoms with Crippen molar-refractivity contribution in [3.05, 3.63) is 23.8 Å². The lowest BCUT2D eigenvalue weighted by molar-refractivity contribution is -0.123. The molecular formula is C15H21N3O3. The summed E-state index contributed by atoms with van der Waals surface area (Å²) in [6.45, 7) is 4.64. The van der Waals surface area contributed by atoms with E-state index in [1.807, 2.05) is 18.2 Å². The molecule has 21 heavy (non-hydrogen) atoms. The number of primary amides is 1. The van der Waals surface area contributed by atoms with Crippen LogP contribution in [0.3, 0.4) is 0 Å². The number of hydrogen-bond donors (Lipinski definition) is 2. The van der Waals surface area contributed by atoms with Crippen molar-refractivity contribution in [3.8, 4) is 11.5 Å². The molecule has 6 heteroatoms. The average Bonchev–Trinajstić information content (AvgIpc) is 2.73. The van der Waals surface area contributed by atoms with E-state index < -0.39 is 6.04 Å². The number of fused-ring (bicyclic) bond motifs is 1. The number of ether oxygens (including phenoxy) is 2. The first-order valence-corrected chi connectivity index (χ1v) is 7.39. The predicted octanol–water partition coefficient (Wildman–Crippen LogP) is 0.279. The van der Waals surface area contributed by atoms with Crippen molar-refractivity contribution in [1.82, 2.24) is 10.2 Å². The summed E-state index contributed by atoms with van der Waals surface area (Å²) in [6.07, 6.45) is 0.862. The van der Waals surface area contributed by atoms with E-state index in [9.17, 15) is 4.79 Å².